The topological polar surface area (TPSA) is 110 Å². The molecule has 204 valence electrons. The summed E-state index contributed by atoms with van der Waals surface area (Å²) >= 11 is 0.709. The van der Waals surface area contributed by atoms with Crippen molar-refractivity contribution in [1.29, 1.82) is 5.26 Å². The summed E-state index contributed by atoms with van der Waals surface area (Å²) < 4.78 is 51.9. The number of hydrogen-bond acceptors (Lipinski definition) is 7. The zero-order valence-corrected chi connectivity index (χ0v) is 21.8. The van der Waals surface area contributed by atoms with Crippen molar-refractivity contribution in [3.63, 3.8) is 0 Å². The number of alkyl halides is 3. The monoisotopic (exact) mass is 559 g/mol. The van der Waals surface area contributed by atoms with Gasteiger partial charge in [0.2, 0.25) is 0 Å². The molecule has 1 amide bonds. The van der Waals surface area contributed by atoms with Crippen LogP contribution < -0.4 is 20.1 Å². The fourth-order valence-electron chi connectivity index (χ4n) is 3.57. The minimum Gasteiger partial charge on any atom is -0.465 e. The van der Waals surface area contributed by atoms with E-state index in [1.165, 1.54) is 49.6 Å². The molecule has 3 rings (SSSR count). The standard InChI is InChI=1S/C27H24F3N3O5S/c1-3-38-14-6-13-32-23(34)19(16-31)25-33(21-8-5-4-7-20(21)27(28,29)30)24(35)22(39-25)15-17-9-11-18(12-10-17)26(36)37-2/h4-5,7-12,15H,3,6,13-14H2,1-2H3,(H,32,34)/b22-15-,25-19+. The molecule has 8 nitrogen and oxygen atoms in total. The van der Waals surface area contributed by atoms with Crippen molar-refractivity contribution in [2.24, 2.45) is 0 Å². The van der Waals surface area contributed by atoms with Crippen LogP contribution in [0, 0.1) is 11.3 Å². The van der Waals surface area contributed by atoms with Crippen LogP contribution in [0.1, 0.15) is 34.8 Å². The smallest absolute Gasteiger partial charge is 0.418 e. The fourth-order valence-corrected chi connectivity index (χ4v) is 4.66. The summed E-state index contributed by atoms with van der Waals surface area (Å²) in [5.74, 6) is -1.39. The number of hydrogen-bond donors (Lipinski definition) is 1. The fraction of sp³-hybridized carbons (Fsp3) is 0.259. The number of nitriles is 1. The van der Waals surface area contributed by atoms with Crippen LogP contribution in [0.4, 0.5) is 13.2 Å². The van der Waals surface area contributed by atoms with Gasteiger partial charge in [0.1, 0.15) is 10.7 Å². The molecule has 0 atom stereocenters. The maximum atomic E-state index is 13.9. The summed E-state index contributed by atoms with van der Waals surface area (Å²) in [5.41, 5.74) is -2.25. The number of nitrogens with one attached hydrogen (secondary N) is 1. The van der Waals surface area contributed by atoms with Crippen LogP contribution in [0.3, 0.4) is 0 Å². The summed E-state index contributed by atoms with van der Waals surface area (Å²) in [4.78, 5) is 38.1. The number of amides is 1. The number of para-hydroxylation sites is 1. The molecule has 2 aromatic carbocycles. The highest BCUT2D eigenvalue weighted by atomic mass is 32.1. The first-order valence-corrected chi connectivity index (χ1v) is 12.5. The number of rotatable bonds is 9. The number of methoxy groups -OCH3 is 1. The lowest BCUT2D eigenvalue weighted by Gasteiger charge is -2.13. The Morgan fingerprint density at radius 2 is 1.85 bits per heavy atom. The third-order valence-electron chi connectivity index (χ3n) is 5.41. The lowest BCUT2D eigenvalue weighted by Crippen LogP contribution is -2.35. The molecule has 0 saturated heterocycles. The summed E-state index contributed by atoms with van der Waals surface area (Å²) in [7, 11) is 1.23. The zero-order valence-electron chi connectivity index (χ0n) is 21.0. The number of carbonyl (C=O) groups excluding carboxylic acids is 2. The number of esters is 1. The molecule has 0 fully saturated rings. The Kier molecular flexibility index (Phi) is 9.81. The van der Waals surface area contributed by atoms with Gasteiger partial charge in [0, 0.05) is 19.8 Å². The van der Waals surface area contributed by atoms with E-state index in [-0.39, 0.29) is 21.3 Å². The molecule has 0 saturated carbocycles. The van der Waals surface area contributed by atoms with Crippen molar-refractivity contribution in [2.75, 3.05) is 26.9 Å². The minimum atomic E-state index is -4.81. The van der Waals surface area contributed by atoms with E-state index in [4.69, 9.17) is 4.74 Å². The average Bonchev–Trinajstić information content (AvgIpc) is 3.23. The van der Waals surface area contributed by atoms with Gasteiger partial charge < -0.3 is 14.8 Å². The summed E-state index contributed by atoms with van der Waals surface area (Å²) in [6.45, 7) is 2.84. The van der Waals surface area contributed by atoms with Gasteiger partial charge in [-0.15, -0.1) is 11.3 Å². The Balaban J connectivity index is 2.24. The first-order chi connectivity index (χ1) is 18.6. The molecule has 39 heavy (non-hydrogen) atoms. The number of halogens is 3. The third-order valence-corrected chi connectivity index (χ3v) is 6.50. The first kappa shape index (κ1) is 29.3. The second-order valence-electron chi connectivity index (χ2n) is 7.98. The van der Waals surface area contributed by atoms with Gasteiger partial charge in [0.25, 0.3) is 11.5 Å². The predicted octanol–water partition coefficient (Wildman–Crippen LogP) is 2.75. The number of nitrogens with zero attached hydrogens (tertiary/aromatic N) is 2. The maximum absolute atomic E-state index is 13.9. The minimum absolute atomic E-state index is 0.0234. The molecule has 0 aliphatic rings. The Morgan fingerprint density at radius 1 is 1.15 bits per heavy atom. The van der Waals surface area contributed by atoms with Crippen molar-refractivity contribution in [3.8, 4) is 11.8 Å². The van der Waals surface area contributed by atoms with Crippen LogP contribution in [0.5, 0.6) is 0 Å². The molecular formula is C27H24F3N3O5S. The van der Waals surface area contributed by atoms with E-state index in [1.54, 1.807) is 6.07 Å². The van der Waals surface area contributed by atoms with E-state index in [0.29, 0.717) is 36.5 Å². The van der Waals surface area contributed by atoms with Gasteiger partial charge in [-0.05, 0) is 49.2 Å². The maximum Gasteiger partial charge on any atom is 0.418 e. The van der Waals surface area contributed by atoms with Crippen molar-refractivity contribution in [1.82, 2.24) is 9.88 Å². The largest absolute Gasteiger partial charge is 0.465 e. The lowest BCUT2D eigenvalue weighted by molar-refractivity contribution is -0.137. The molecule has 1 heterocycles. The van der Waals surface area contributed by atoms with Gasteiger partial charge in [-0.3, -0.25) is 14.2 Å². The van der Waals surface area contributed by atoms with E-state index in [2.05, 4.69) is 10.1 Å². The van der Waals surface area contributed by atoms with Crippen LogP contribution in [0.2, 0.25) is 0 Å². The van der Waals surface area contributed by atoms with E-state index < -0.39 is 40.4 Å². The molecule has 0 radical (unpaired) electrons. The van der Waals surface area contributed by atoms with Gasteiger partial charge in [0.05, 0.1) is 28.5 Å². The molecular weight excluding hydrogens is 535 g/mol. The SMILES string of the molecule is CCOCCCNC(=O)/C(C#N)=c1/s/c(=C\c2ccc(C(=O)OC)cc2)c(=O)n1-c1ccccc1C(F)(F)F. The number of ether oxygens (including phenoxy) is 2. The molecule has 0 aliphatic heterocycles. The van der Waals surface area contributed by atoms with Gasteiger partial charge in [-0.1, -0.05) is 24.3 Å². The van der Waals surface area contributed by atoms with Crippen molar-refractivity contribution in [3.05, 3.63) is 84.8 Å². The van der Waals surface area contributed by atoms with Crippen LogP contribution >= 0.6 is 11.3 Å². The third kappa shape index (κ3) is 7.01. The van der Waals surface area contributed by atoms with E-state index >= 15 is 0 Å². The van der Waals surface area contributed by atoms with Crippen molar-refractivity contribution in [2.45, 2.75) is 19.5 Å². The zero-order chi connectivity index (χ0) is 28.6. The van der Waals surface area contributed by atoms with Crippen molar-refractivity contribution >= 4 is 34.9 Å². The van der Waals surface area contributed by atoms with Crippen molar-refractivity contribution < 1.29 is 32.2 Å². The summed E-state index contributed by atoms with van der Waals surface area (Å²) in [6.07, 6.45) is -2.95. The normalized spacial score (nSPS) is 12.6. The predicted molar refractivity (Wildman–Crippen MR) is 139 cm³/mol. The first-order valence-electron chi connectivity index (χ1n) is 11.7. The Bertz CT molecular complexity index is 1570. The number of aromatic nitrogens is 1. The van der Waals surface area contributed by atoms with E-state index in [0.717, 1.165) is 16.7 Å². The highest BCUT2D eigenvalue weighted by Gasteiger charge is 2.34. The Morgan fingerprint density at radius 3 is 2.46 bits per heavy atom. The molecule has 1 aromatic heterocycles. The molecule has 0 aliphatic carbocycles. The molecule has 0 bridgehead atoms. The highest BCUT2D eigenvalue weighted by Crippen LogP contribution is 2.32. The van der Waals surface area contributed by atoms with E-state index in [1.807, 2.05) is 6.92 Å². The second-order valence-corrected chi connectivity index (χ2v) is 9.01. The molecule has 1 N–H and O–H groups in total. The van der Waals surface area contributed by atoms with Gasteiger partial charge in [-0.2, -0.15) is 18.4 Å². The quantitative estimate of drug-likeness (QED) is 0.319. The number of benzene rings is 2. The van der Waals surface area contributed by atoms with E-state index in [9.17, 15) is 32.8 Å². The Labute approximate surface area is 225 Å². The summed E-state index contributed by atoms with van der Waals surface area (Å²) in [5, 5.41) is 12.4. The highest BCUT2D eigenvalue weighted by molar-refractivity contribution is 7.07. The van der Waals surface area contributed by atoms with Crippen LogP contribution in [0.25, 0.3) is 17.3 Å². The molecule has 0 spiro atoms. The Hall–Kier alpha value is -4.21. The molecule has 0 unspecified atom stereocenters. The van der Waals surface area contributed by atoms with Gasteiger partial charge in [0.15, 0.2) is 5.57 Å². The second kappa shape index (κ2) is 13.0. The van der Waals surface area contributed by atoms with Gasteiger partial charge >= 0.3 is 12.1 Å². The average molecular weight is 560 g/mol. The number of carbonyl (C=O) groups is 2. The molecule has 3 aromatic rings. The summed E-state index contributed by atoms with van der Waals surface area (Å²) in [6, 6.07) is 12.2. The van der Waals surface area contributed by atoms with Gasteiger partial charge in [-0.25, -0.2) is 4.79 Å². The number of thiazole rings is 1. The van der Waals surface area contributed by atoms with Crippen LogP contribution in [-0.2, 0) is 20.4 Å². The molecule has 12 heteroatoms. The van der Waals surface area contributed by atoms with Crippen LogP contribution in [-0.4, -0.2) is 43.3 Å². The van der Waals surface area contributed by atoms with Crippen LogP contribution in [0.15, 0.2) is 53.3 Å². The lowest BCUT2D eigenvalue weighted by atomic mass is 10.1.